The zero-order chi connectivity index (χ0) is 22.4. The Kier molecular flexibility index (Phi) is 4.75. The molecule has 8 heteroatoms. The Labute approximate surface area is 186 Å². The highest BCUT2D eigenvalue weighted by Crippen LogP contribution is 2.42. The van der Waals surface area contributed by atoms with E-state index >= 15 is 0 Å². The van der Waals surface area contributed by atoms with E-state index in [1.807, 2.05) is 18.2 Å². The minimum absolute atomic E-state index is 0.112. The van der Waals surface area contributed by atoms with Crippen LogP contribution in [0.5, 0.6) is 0 Å². The van der Waals surface area contributed by atoms with Crippen LogP contribution in [0, 0.1) is 5.82 Å². The highest BCUT2D eigenvalue weighted by atomic mass is 35.5. The van der Waals surface area contributed by atoms with E-state index in [9.17, 15) is 19.1 Å². The van der Waals surface area contributed by atoms with E-state index in [0.29, 0.717) is 16.6 Å². The van der Waals surface area contributed by atoms with E-state index in [-0.39, 0.29) is 22.0 Å². The number of Topliss-reactive ketones (excluding diaryl/α,β-unsaturated/α-hetero) is 1. The molecule has 0 bridgehead atoms. The number of ketones is 1. The van der Waals surface area contributed by atoms with E-state index in [0.717, 1.165) is 11.6 Å². The lowest BCUT2D eigenvalue weighted by atomic mass is 9.98. The number of hydrogen-bond donors (Lipinski definition) is 2. The summed E-state index contributed by atoms with van der Waals surface area (Å²) in [6.45, 7) is 0. The fraction of sp³-hybridized carbons (Fsp3) is 0.0417. The number of carbonyl (C=O) groups is 2. The maximum absolute atomic E-state index is 13.8. The van der Waals surface area contributed by atoms with Crippen LogP contribution < -0.4 is 4.90 Å². The number of carbonyl (C=O) groups excluding carboxylic acids is 2. The van der Waals surface area contributed by atoms with Gasteiger partial charge in [0.1, 0.15) is 17.6 Å². The summed E-state index contributed by atoms with van der Waals surface area (Å²) in [6.07, 6.45) is 3.11. The third-order valence-electron chi connectivity index (χ3n) is 5.44. The Bertz CT molecular complexity index is 1410. The van der Waals surface area contributed by atoms with Gasteiger partial charge in [-0.2, -0.15) is 0 Å². The first-order valence-electron chi connectivity index (χ1n) is 9.71. The van der Waals surface area contributed by atoms with Gasteiger partial charge in [-0.05, 0) is 36.4 Å². The standard InChI is InChI=1S/C24H15ClFN3O3/c25-16-11-13(8-9-17(16)26)29-21(19-7-3-4-10-27-19)20(23(31)24(29)32)22(30)15-12-28-18-6-2-1-5-14(15)18/h1-12,21,28,30H/b22-20-. The molecule has 0 spiro atoms. The Balaban J connectivity index is 1.76. The van der Waals surface area contributed by atoms with E-state index in [1.165, 1.54) is 23.2 Å². The highest BCUT2D eigenvalue weighted by molar-refractivity contribution is 6.52. The molecule has 5 rings (SSSR count). The molecule has 1 amide bonds. The molecule has 0 radical (unpaired) electrons. The SMILES string of the molecule is O=C1C(=O)N(c2ccc(F)c(Cl)c2)C(c2ccccn2)/C1=C(/O)c1c[nH]c2ccccc12. The van der Waals surface area contributed by atoms with Gasteiger partial charge in [0.25, 0.3) is 11.7 Å². The lowest BCUT2D eigenvalue weighted by molar-refractivity contribution is -0.132. The van der Waals surface area contributed by atoms with Crippen molar-refractivity contribution in [3.05, 3.63) is 101 Å². The monoisotopic (exact) mass is 447 g/mol. The molecule has 1 fully saturated rings. The second kappa shape index (κ2) is 7.62. The Morgan fingerprint density at radius 1 is 1.09 bits per heavy atom. The first-order chi connectivity index (χ1) is 15.5. The number of para-hydroxylation sites is 1. The van der Waals surface area contributed by atoms with Crippen molar-refractivity contribution in [3.8, 4) is 0 Å². The van der Waals surface area contributed by atoms with Crippen LogP contribution in [-0.4, -0.2) is 26.8 Å². The van der Waals surface area contributed by atoms with Crippen molar-refractivity contribution in [1.29, 1.82) is 0 Å². The van der Waals surface area contributed by atoms with Crippen molar-refractivity contribution in [2.75, 3.05) is 4.90 Å². The third kappa shape index (κ3) is 3.06. The van der Waals surface area contributed by atoms with Crippen molar-refractivity contribution < 1.29 is 19.1 Å². The van der Waals surface area contributed by atoms with Crippen molar-refractivity contribution in [2.24, 2.45) is 0 Å². The van der Waals surface area contributed by atoms with E-state index in [2.05, 4.69) is 9.97 Å². The number of aromatic amines is 1. The van der Waals surface area contributed by atoms with Crippen molar-refractivity contribution in [1.82, 2.24) is 9.97 Å². The van der Waals surface area contributed by atoms with Gasteiger partial charge >= 0.3 is 0 Å². The molecule has 3 heterocycles. The first-order valence-corrected chi connectivity index (χ1v) is 10.1. The second-order valence-corrected chi connectivity index (χ2v) is 7.68. The number of H-pyrrole nitrogens is 1. The summed E-state index contributed by atoms with van der Waals surface area (Å²) in [5, 5.41) is 11.7. The molecule has 6 nitrogen and oxygen atoms in total. The number of anilines is 1. The number of nitrogens with zero attached hydrogens (tertiary/aromatic N) is 2. The van der Waals surface area contributed by atoms with Gasteiger partial charge in [-0.3, -0.25) is 19.5 Å². The van der Waals surface area contributed by atoms with Gasteiger partial charge in [0.2, 0.25) is 0 Å². The minimum Gasteiger partial charge on any atom is -0.507 e. The molecular weight excluding hydrogens is 433 g/mol. The number of aromatic nitrogens is 2. The van der Waals surface area contributed by atoms with Gasteiger partial charge in [0.15, 0.2) is 0 Å². The van der Waals surface area contributed by atoms with Crippen molar-refractivity contribution in [3.63, 3.8) is 0 Å². The first kappa shape index (κ1) is 20.0. The zero-order valence-electron chi connectivity index (χ0n) is 16.4. The summed E-state index contributed by atoms with van der Waals surface area (Å²) in [5.41, 5.74) is 1.62. The number of pyridine rings is 1. The number of aliphatic hydroxyl groups is 1. The molecule has 2 aromatic heterocycles. The van der Waals surface area contributed by atoms with Crippen molar-refractivity contribution >= 4 is 45.6 Å². The fourth-order valence-electron chi connectivity index (χ4n) is 3.96. The summed E-state index contributed by atoms with van der Waals surface area (Å²) < 4.78 is 13.8. The van der Waals surface area contributed by atoms with Gasteiger partial charge in [0.05, 0.1) is 16.3 Å². The quantitative estimate of drug-likeness (QED) is 0.263. The number of halogens is 2. The molecule has 1 saturated heterocycles. The summed E-state index contributed by atoms with van der Waals surface area (Å²) in [4.78, 5) is 34.8. The molecule has 1 aliphatic heterocycles. The summed E-state index contributed by atoms with van der Waals surface area (Å²) in [6, 6.07) is 15.1. The van der Waals surface area contributed by atoms with Crippen LogP contribution in [0.4, 0.5) is 10.1 Å². The number of nitrogens with one attached hydrogen (secondary N) is 1. The molecule has 1 aliphatic rings. The zero-order valence-corrected chi connectivity index (χ0v) is 17.2. The molecule has 2 aromatic carbocycles. The van der Waals surface area contributed by atoms with E-state index < -0.39 is 23.5 Å². The predicted molar refractivity (Wildman–Crippen MR) is 119 cm³/mol. The summed E-state index contributed by atoms with van der Waals surface area (Å²) >= 11 is 5.94. The van der Waals surface area contributed by atoms with Crippen molar-refractivity contribution in [2.45, 2.75) is 6.04 Å². The minimum atomic E-state index is -1.02. The maximum atomic E-state index is 13.8. The van der Waals surface area contributed by atoms with Gasteiger partial charge < -0.3 is 10.1 Å². The number of amides is 1. The molecule has 0 aliphatic carbocycles. The Morgan fingerprint density at radius 3 is 2.62 bits per heavy atom. The predicted octanol–water partition coefficient (Wildman–Crippen LogP) is 4.98. The summed E-state index contributed by atoms with van der Waals surface area (Å²) in [7, 11) is 0. The van der Waals surface area contributed by atoms with Crippen LogP contribution in [0.1, 0.15) is 17.3 Å². The van der Waals surface area contributed by atoms with Crippen LogP contribution >= 0.6 is 11.6 Å². The molecule has 1 atom stereocenters. The van der Waals surface area contributed by atoms with E-state index in [4.69, 9.17) is 11.6 Å². The number of aliphatic hydroxyl groups excluding tert-OH is 1. The topological polar surface area (TPSA) is 86.3 Å². The van der Waals surface area contributed by atoms with Gasteiger partial charge in [0, 0.05) is 34.5 Å². The van der Waals surface area contributed by atoms with Crippen LogP contribution in [0.15, 0.2) is 78.6 Å². The van der Waals surface area contributed by atoms with Gasteiger partial charge in [-0.25, -0.2) is 4.39 Å². The maximum Gasteiger partial charge on any atom is 0.300 e. The highest BCUT2D eigenvalue weighted by Gasteiger charge is 2.47. The Morgan fingerprint density at radius 2 is 1.88 bits per heavy atom. The lowest BCUT2D eigenvalue weighted by Crippen LogP contribution is -2.29. The smallest absolute Gasteiger partial charge is 0.300 e. The van der Waals surface area contributed by atoms with Crippen LogP contribution in [0.3, 0.4) is 0 Å². The molecule has 4 aromatic rings. The van der Waals surface area contributed by atoms with Crippen LogP contribution in [0.2, 0.25) is 5.02 Å². The molecule has 0 saturated carbocycles. The fourth-order valence-corrected chi connectivity index (χ4v) is 4.14. The second-order valence-electron chi connectivity index (χ2n) is 7.27. The molecule has 32 heavy (non-hydrogen) atoms. The number of hydrogen-bond acceptors (Lipinski definition) is 4. The molecular formula is C24H15ClFN3O3. The van der Waals surface area contributed by atoms with Crippen LogP contribution in [-0.2, 0) is 9.59 Å². The number of benzene rings is 2. The average Bonchev–Trinajstić information content (AvgIpc) is 3.35. The molecule has 158 valence electrons. The van der Waals surface area contributed by atoms with Gasteiger partial charge in [-0.15, -0.1) is 0 Å². The number of fused-ring (bicyclic) bond motifs is 1. The molecule has 2 N–H and O–H groups in total. The van der Waals surface area contributed by atoms with Gasteiger partial charge in [-0.1, -0.05) is 35.9 Å². The third-order valence-corrected chi connectivity index (χ3v) is 5.73. The normalized spacial score (nSPS) is 17.9. The van der Waals surface area contributed by atoms with Crippen LogP contribution in [0.25, 0.3) is 16.7 Å². The summed E-state index contributed by atoms with van der Waals surface area (Å²) in [5.74, 6) is -2.72. The lowest BCUT2D eigenvalue weighted by Gasteiger charge is -2.24. The number of rotatable bonds is 3. The average molecular weight is 448 g/mol. The Hall–Kier alpha value is -3.97. The van der Waals surface area contributed by atoms with E-state index in [1.54, 1.807) is 30.5 Å². The molecule has 1 unspecified atom stereocenters. The largest absolute Gasteiger partial charge is 0.507 e.